The minimum Gasteiger partial charge on any atom is -0.392 e. The summed E-state index contributed by atoms with van der Waals surface area (Å²) in [5.41, 5.74) is 6.01. The van der Waals surface area contributed by atoms with E-state index in [0.29, 0.717) is 28.9 Å². The van der Waals surface area contributed by atoms with Gasteiger partial charge in [-0.2, -0.15) is 12.7 Å². The molecule has 17 nitrogen and oxygen atoms in total. The number of rotatable bonds is 18. The van der Waals surface area contributed by atoms with Crippen molar-refractivity contribution in [3.05, 3.63) is 135 Å². The normalized spacial score (nSPS) is 20.8. The standard InChI is InChI=1S/C60H70F3N11O6S3/c1-36-55(81-35-67-36)40-7-5-37(6-8-40)25-45-29-66-58(82-45)50-27-44(75)33-74(50)59(78)56(60(2,3)4)68-51(76)34-71-23-21-70(22-24-71)31-38-15-18-72(19-16-38)43-11-9-39(10-12-43)41-26-46-47(30-65-57(46)64-28-41)54(77)52-48(62)13-14-49(53(52)63)69-83(79,80)73-20-17-42(61)32-73/h5-14,26,28-30,35,38,42,44,50,56,59,69,75,78H,15-25,27,31-34H2,1-4H3,(H,64,65)(H,68,76)/t42-,44-,50+,56-,59?/m1/s1. The Morgan fingerprint density at radius 1 is 0.867 bits per heavy atom. The Balaban J connectivity index is 0.640. The third-order valence-corrected chi connectivity index (χ3v) is 20.3. The number of aryl methyl sites for hydroxylation is 1. The van der Waals surface area contributed by atoms with Crippen molar-refractivity contribution in [1.29, 1.82) is 0 Å². The fraction of sp³-hybridized carbons (Fsp3) is 0.450. The summed E-state index contributed by atoms with van der Waals surface area (Å²) in [6, 6.07) is 19.1. The lowest BCUT2D eigenvalue weighted by atomic mass is 9.85. The number of piperidine rings is 1. The van der Waals surface area contributed by atoms with Gasteiger partial charge in [0.15, 0.2) is 5.82 Å². The number of amides is 1. The fourth-order valence-electron chi connectivity index (χ4n) is 12.0. The average molecular weight is 1190 g/mol. The van der Waals surface area contributed by atoms with Crippen molar-refractivity contribution in [2.24, 2.45) is 11.3 Å². The second-order valence-corrected chi connectivity index (χ2v) is 27.2. The van der Waals surface area contributed by atoms with E-state index in [4.69, 9.17) is 4.98 Å². The number of benzene rings is 3. The molecule has 4 aromatic heterocycles. The van der Waals surface area contributed by atoms with Gasteiger partial charge in [-0.25, -0.2) is 28.1 Å². The molecule has 11 rings (SSSR count). The number of likely N-dealkylation sites (tertiary alicyclic amines) is 1. The first kappa shape index (κ1) is 58.6. The summed E-state index contributed by atoms with van der Waals surface area (Å²) in [5, 5.41) is 27.4. The summed E-state index contributed by atoms with van der Waals surface area (Å²) >= 11 is 3.24. The number of β-amino-alcohol motifs (C(OH)–C–C–N with tert-alkyl or cyclic N) is 1. The number of nitrogens with one attached hydrogen (secondary N) is 3. The molecule has 4 aliphatic rings. The zero-order valence-corrected chi connectivity index (χ0v) is 49.4. The van der Waals surface area contributed by atoms with Crippen molar-refractivity contribution < 1.29 is 41.4 Å². The molecule has 1 amide bonds. The summed E-state index contributed by atoms with van der Waals surface area (Å²) in [7, 11) is -4.37. The summed E-state index contributed by atoms with van der Waals surface area (Å²) in [6.07, 6.45) is 5.06. The Morgan fingerprint density at radius 3 is 2.28 bits per heavy atom. The minimum absolute atomic E-state index is 0.000128. The predicted molar refractivity (Wildman–Crippen MR) is 317 cm³/mol. The zero-order valence-electron chi connectivity index (χ0n) is 46.9. The average Bonchev–Trinajstić information content (AvgIpc) is 4.55. The Hall–Kier alpha value is -6.15. The van der Waals surface area contributed by atoms with E-state index >= 15 is 8.78 Å². The first-order chi connectivity index (χ1) is 39.7. The largest absolute Gasteiger partial charge is 0.392 e. The van der Waals surface area contributed by atoms with Gasteiger partial charge in [-0.05, 0) is 91.0 Å². The van der Waals surface area contributed by atoms with E-state index in [9.17, 15) is 32.6 Å². The van der Waals surface area contributed by atoms with Gasteiger partial charge in [-0.15, -0.1) is 22.7 Å². The number of fused-ring (bicyclic) bond motifs is 1. The second-order valence-electron chi connectivity index (χ2n) is 23.6. The number of aliphatic hydroxyl groups is 2. The van der Waals surface area contributed by atoms with Gasteiger partial charge >= 0.3 is 10.2 Å². The van der Waals surface area contributed by atoms with Crippen LogP contribution in [0.15, 0.2) is 90.8 Å². The highest BCUT2D eigenvalue weighted by atomic mass is 32.2. The number of piperazine rings is 1. The molecule has 1 unspecified atom stereocenters. The number of nitrogens with zero attached hydrogens (tertiary/aromatic N) is 8. The van der Waals surface area contributed by atoms with Gasteiger partial charge in [0.1, 0.15) is 28.9 Å². The van der Waals surface area contributed by atoms with Crippen molar-refractivity contribution in [2.45, 2.75) is 90.4 Å². The third-order valence-electron chi connectivity index (χ3n) is 16.7. The summed E-state index contributed by atoms with van der Waals surface area (Å²) in [4.78, 5) is 55.4. The van der Waals surface area contributed by atoms with E-state index in [2.05, 4.69) is 76.1 Å². The number of aliphatic hydroxyl groups excluding tert-OH is 2. The smallest absolute Gasteiger partial charge is 0.301 e. The van der Waals surface area contributed by atoms with E-state index in [1.165, 1.54) is 16.6 Å². The lowest BCUT2D eigenvalue weighted by Crippen LogP contribution is -2.59. The fourth-order valence-corrected chi connectivity index (χ4v) is 15.2. The summed E-state index contributed by atoms with van der Waals surface area (Å²) < 4.78 is 73.5. The zero-order chi connectivity index (χ0) is 58.3. The third kappa shape index (κ3) is 13.1. The van der Waals surface area contributed by atoms with Crippen LogP contribution in [-0.2, 0) is 21.4 Å². The molecule has 440 valence electrons. The first-order valence-corrected chi connectivity index (χ1v) is 31.5. The number of anilines is 2. The van der Waals surface area contributed by atoms with Crippen LogP contribution < -0.4 is 14.9 Å². The molecule has 4 fully saturated rings. The maximum absolute atomic E-state index is 15.9. The second kappa shape index (κ2) is 24.4. The maximum atomic E-state index is 15.9. The van der Waals surface area contributed by atoms with Gasteiger partial charge in [0.25, 0.3) is 0 Å². The molecule has 23 heteroatoms. The number of alkyl halides is 1. The first-order valence-electron chi connectivity index (χ1n) is 28.3. The van der Waals surface area contributed by atoms with Crippen molar-refractivity contribution >= 4 is 67.0 Å². The predicted octanol–water partition coefficient (Wildman–Crippen LogP) is 8.41. The molecule has 0 saturated carbocycles. The molecule has 5 N–H and O–H groups in total. The van der Waals surface area contributed by atoms with Crippen LogP contribution in [0.3, 0.4) is 0 Å². The van der Waals surface area contributed by atoms with Gasteiger partial charge < -0.3 is 30.3 Å². The van der Waals surface area contributed by atoms with E-state index in [1.807, 2.05) is 56.4 Å². The van der Waals surface area contributed by atoms with Crippen LogP contribution in [0.25, 0.3) is 32.6 Å². The van der Waals surface area contributed by atoms with Gasteiger partial charge in [0.2, 0.25) is 11.7 Å². The Labute approximate surface area is 489 Å². The van der Waals surface area contributed by atoms with Crippen LogP contribution in [-0.4, -0.2) is 166 Å². The number of halogens is 3. The van der Waals surface area contributed by atoms with E-state index in [1.54, 1.807) is 34.9 Å². The van der Waals surface area contributed by atoms with Crippen molar-refractivity contribution in [1.82, 2.24) is 44.3 Å². The molecule has 5 atom stereocenters. The monoisotopic (exact) mass is 1190 g/mol. The van der Waals surface area contributed by atoms with Crippen molar-refractivity contribution in [2.75, 3.05) is 81.6 Å². The maximum Gasteiger partial charge on any atom is 0.301 e. The molecular weight excluding hydrogens is 1120 g/mol. The molecule has 3 aromatic carbocycles. The molecule has 4 aliphatic heterocycles. The Bertz CT molecular complexity index is 3560. The Morgan fingerprint density at radius 2 is 1.59 bits per heavy atom. The number of pyridine rings is 1. The molecule has 83 heavy (non-hydrogen) atoms. The number of hydrogen-bond acceptors (Lipinski definition) is 15. The van der Waals surface area contributed by atoms with Gasteiger partial charge in [-0.3, -0.25) is 24.1 Å². The number of aromatic amines is 1. The number of H-pyrrole nitrogens is 1. The molecule has 0 aliphatic carbocycles. The topological polar surface area (TPSA) is 203 Å². The molecular formula is C60H70F3N11O6S3. The SMILES string of the molecule is Cc1ncsc1-c1ccc(Cc2cnc([C@@H]3C[C@@H](O)CN3C(O)[C@@H](NC(=O)CN3CCN(CC4CCN(c5ccc(-c6cnc7[nH]cc(C(=O)c8c(F)ccc(NS(=O)(=O)N9CC[C@@H](F)C9)c8F)c7c6)cc5)CC4)CC3)C(C)(C)C)s2)cc1. The highest BCUT2D eigenvalue weighted by Crippen LogP contribution is 2.39. The number of aromatic nitrogens is 4. The van der Waals surface area contributed by atoms with Crippen molar-refractivity contribution in [3.8, 4) is 21.6 Å². The Kier molecular flexibility index (Phi) is 17.3. The highest BCUT2D eigenvalue weighted by molar-refractivity contribution is 7.90. The summed E-state index contributed by atoms with van der Waals surface area (Å²) in [5.74, 6) is -3.17. The quantitative estimate of drug-likeness (QED) is 0.0513. The van der Waals surface area contributed by atoms with Crippen LogP contribution in [0.1, 0.15) is 89.6 Å². The molecule has 0 bridgehead atoms. The van der Waals surface area contributed by atoms with Crippen molar-refractivity contribution in [3.63, 3.8) is 0 Å². The van der Waals surface area contributed by atoms with Gasteiger partial charge in [0.05, 0.1) is 52.1 Å². The van der Waals surface area contributed by atoms with Gasteiger partial charge in [-0.1, -0.05) is 57.2 Å². The minimum atomic E-state index is -4.37. The number of carbonyl (C=O) groups excluding carboxylic acids is 2. The lowest BCUT2D eigenvalue weighted by Gasteiger charge is -2.41. The molecule has 8 heterocycles. The van der Waals surface area contributed by atoms with E-state index < -0.39 is 75.4 Å². The van der Waals surface area contributed by atoms with E-state index in [0.717, 1.165) is 114 Å². The number of hydrogen-bond donors (Lipinski definition) is 5. The molecule has 4 saturated heterocycles. The van der Waals surface area contributed by atoms with E-state index in [-0.39, 0.29) is 43.6 Å². The molecule has 0 radical (unpaired) electrons. The van der Waals surface area contributed by atoms with Crippen LogP contribution >= 0.6 is 22.7 Å². The number of ketones is 1. The lowest BCUT2D eigenvalue weighted by molar-refractivity contribution is -0.129. The highest BCUT2D eigenvalue weighted by Gasteiger charge is 2.44. The summed E-state index contributed by atoms with van der Waals surface area (Å²) in [6.45, 7) is 14.1. The van der Waals surface area contributed by atoms with Crippen LogP contribution in [0.4, 0.5) is 24.5 Å². The van der Waals surface area contributed by atoms with Gasteiger partial charge in [0, 0.05) is 118 Å². The van der Waals surface area contributed by atoms with Crippen LogP contribution in [0.5, 0.6) is 0 Å². The van der Waals surface area contributed by atoms with Crippen LogP contribution in [0.2, 0.25) is 0 Å². The van der Waals surface area contributed by atoms with Crippen LogP contribution in [0, 0.1) is 29.9 Å². The molecule has 0 spiro atoms. The number of thiazole rings is 2. The number of carbonyl (C=O) groups is 2. The molecule has 7 aromatic rings.